The van der Waals surface area contributed by atoms with Crippen LogP contribution in [0.3, 0.4) is 0 Å². The summed E-state index contributed by atoms with van der Waals surface area (Å²) in [5.41, 5.74) is -0.247. The summed E-state index contributed by atoms with van der Waals surface area (Å²) >= 11 is 0.881. The highest BCUT2D eigenvalue weighted by Crippen LogP contribution is 2.36. The van der Waals surface area contributed by atoms with Crippen LogP contribution in [0.1, 0.15) is 71.2 Å². The number of rotatable bonds is 6. The molecule has 1 aromatic heterocycles. The molecule has 0 aliphatic heterocycles. The van der Waals surface area contributed by atoms with Crippen molar-refractivity contribution in [1.82, 2.24) is 0 Å². The van der Waals surface area contributed by atoms with E-state index in [1.165, 1.54) is 7.11 Å². The van der Waals surface area contributed by atoms with Crippen molar-refractivity contribution in [3.8, 4) is 0 Å². The van der Waals surface area contributed by atoms with E-state index in [0.717, 1.165) is 29.5 Å². The van der Waals surface area contributed by atoms with Crippen molar-refractivity contribution in [3.63, 3.8) is 0 Å². The van der Waals surface area contributed by atoms with Crippen molar-refractivity contribution in [2.75, 3.05) is 12.4 Å². The minimum Gasteiger partial charge on any atom is -0.465 e. The monoisotopic (exact) mass is 453 g/mol. The summed E-state index contributed by atoms with van der Waals surface area (Å²) in [6, 6.07) is 2.90. The van der Waals surface area contributed by atoms with E-state index in [9.17, 15) is 23.2 Å². The average Bonchev–Trinajstić information content (AvgIpc) is 2.95. The van der Waals surface area contributed by atoms with Gasteiger partial charge in [0.1, 0.15) is 27.1 Å². The molecule has 168 valence electrons. The van der Waals surface area contributed by atoms with Gasteiger partial charge in [0, 0.05) is 6.07 Å². The first-order valence-electron chi connectivity index (χ1n) is 9.59. The lowest BCUT2D eigenvalue weighted by atomic mass is 9.95. The van der Waals surface area contributed by atoms with Crippen LogP contribution in [0.25, 0.3) is 0 Å². The average molecular weight is 454 g/mol. The molecule has 1 atom stereocenters. The molecule has 0 radical (unpaired) electrons. The maximum absolute atomic E-state index is 13.6. The number of carbonyl (C=O) groups excluding carboxylic acids is 3. The number of halogens is 2. The molecule has 0 saturated heterocycles. The van der Waals surface area contributed by atoms with E-state index in [1.807, 2.05) is 0 Å². The minimum absolute atomic E-state index is 0.0296. The van der Waals surface area contributed by atoms with Crippen LogP contribution < -0.4 is 5.32 Å². The fourth-order valence-corrected chi connectivity index (χ4v) is 4.09. The van der Waals surface area contributed by atoms with Crippen molar-refractivity contribution < 1.29 is 32.6 Å². The molecular weight excluding hydrogens is 428 g/mol. The SMILES string of the molecule is CCC(C(=O)Nc1sc(C(=O)OC(C)(C)C)c(C)c1C(=O)OC)c1cc(F)cc(F)c1. The van der Waals surface area contributed by atoms with Crippen LogP contribution in [0.15, 0.2) is 18.2 Å². The van der Waals surface area contributed by atoms with E-state index in [4.69, 9.17) is 9.47 Å². The van der Waals surface area contributed by atoms with Gasteiger partial charge < -0.3 is 14.8 Å². The summed E-state index contributed by atoms with van der Waals surface area (Å²) in [5.74, 6) is -4.41. The first kappa shape index (κ1) is 24.5. The van der Waals surface area contributed by atoms with Gasteiger partial charge in [0.2, 0.25) is 5.91 Å². The summed E-state index contributed by atoms with van der Waals surface area (Å²) in [7, 11) is 1.18. The highest BCUT2D eigenvalue weighted by molar-refractivity contribution is 7.18. The third kappa shape index (κ3) is 5.88. The van der Waals surface area contributed by atoms with E-state index < -0.39 is 41.0 Å². The largest absolute Gasteiger partial charge is 0.465 e. The van der Waals surface area contributed by atoms with Gasteiger partial charge in [0.15, 0.2) is 0 Å². The number of carbonyl (C=O) groups is 3. The second-order valence-corrected chi connectivity index (χ2v) is 8.93. The van der Waals surface area contributed by atoms with Gasteiger partial charge in [-0.25, -0.2) is 18.4 Å². The quantitative estimate of drug-likeness (QED) is 0.608. The van der Waals surface area contributed by atoms with Gasteiger partial charge >= 0.3 is 11.9 Å². The molecule has 1 heterocycles. The summed E-state index contributed by atoms with van der Waals surface area (Å²) in [6.45, 7) is 8.38. The minimum atomic E-state index is -0.872. The smallest absolute Gasteiger partial charge is 0.349 e. The molecule has 0 spiro atoms. The zero-order chi connectivity index (χ0) is 23.5. The van der Waals surface area contributed by atoms with Crippen LogP contribution >= 0.6 is 11.3 Å². The molecule has 31 heavy (non-hydrogen) atoms. The molecular formula is C22H25F2NO5S. The zero-order valence-corrected chi connectivity index (χ0v) is 19.0. The number of benzene rings is 1. The van der Waals surface area contributed by atoms with Crippen molar-refractivity contribution in [2.24, 2.45) is 0 Å². The van der Waals surface area contributed by atoms with E-state index in [1.54, 1.807) is 34.6 Å². The Morgan fingerprint density at radius 2 is 1.68 bits per heavy atom. The van der Waals surface area contributed by atoms with Gasteiger partial charge in [-0.05, 0) is 57.4 Å². The van der Waals surface area contributed by atoms with Crippen molar-refractivity contribution in [1.29, 1.82) is 0 Å². The van der Waals surface area contributed by atoms with E-state index in [2.05, 4.69) is 5.32 Å². The molecule has 0 bridgehead atoms. The molecule has 1 aromatic carbocycles. The van der Waals surface area contributed by atoms with Crippen LogP contribution in [0.4, 0.5) is 13.8 Å². The van der Waals surface area contributed by atoms with Crippen LogP contribution in [0, 0.1) is 18.6 Å². The van der Waals surface area contributed by atoms with Crippen molar-refractivity contribution in [3.05, 3.63) is 51.4 Å². The third-order valence-electron chi connectivity index (χ3n) is 4.37. The number of thiophene rings is 1. The number of amides is 1. The topological polar surface area (TPSA) is 81.7 Å². The van der Waals surface area contributed by atoms with Gasteiger partial charge in [-0.15, -0.1) is 11.3 Å². The van der Waals surface area contributed by atoms with E-state index in [-0.39, 0.29) is 27.4 Å². The number of esters is 2. The lowest BCUT2D eigenvalue weighted by molar-refractivity contribution is -0.117. The van der Waals surface area contributed by atoms with Gasteiger partial charge in [0.05, 0.1) is 18.6 Å². The molecule has 9 heteroatoms. The Kier molecular flexibility index (Phi) is 7.54. The molecule has 6 nitrogen and oxygen atoms in total. The van der Waals surface area contributed by atoms with Crippen molar-refractivity contribution in [2.45, 2.75) is 52.6 Å². The Morgan fingerprint density at radius 1 is 1.10 bits per heavy atom. The molecule has 1 unspecified atom stereocenters. The second-order valence-electron chi connectivity index (χ2n) is 7.91. The Hall–Kier alpha value is -2.81. The maximum Gasteiger partial charge on any atom is 0.349 e. The molecule has 0 saturated carbocycles. The molecule has 2 rings (SSSR count). The van der Waals surface area contributed by atoms with Crippen LogP contribution in [0.2, 0.25) is 0 Å². The number of methoxy groups -OCH3 is 1. The predicted octanol–water partition coefficient (Wildman–Crippen LogP) is 5.21. The fourth-order valence-electron chi connectivity index (χ4n) is 3.02. The van der Waals surface area contributed by atoms with E-state index in [0.29, 0.717) is 5.56 Å². The summed E-state index contributed by atoms with van der Waals surface area (Å²) in [6.07, 6.45) is 0.256. The van der Waals surface area contributed by atoms with Gasteiger partial charge in [-0.1, -0.05) is 6.92 Å². The number of hydrogen-bond donors (Lipinski definition) is 1. The number of anilines is 1. The molecule has 2 aromatic rings. The molecule has 0 aliphatic carbocycles. The summed E-state index contributed by atoms with van der Waals surface area (Å²) in [5, 5.41) is 2.72. The highest BCUT2D eigenvalue weighted by Gasteiger charge is 2.30. The number of nitrogens with one attached hydrogen (secondary N) is 1. The van der Waals surface area contributed by atoms with Crippen LogP contribution in [-0.4, -0.2) is 30.6 Å². The van der Waals surface area contributed by atoms with Crippen LogP contribution in [-0.2, 0) is 14.3 Å². The number of ether oxygens (including phenoxy) is 2. The third-order valence-corrected chi connectivity index (χ3v) is 5.56. The van der Waals surface area contributed by atoms with Crippen LogP contribution in [0.5, 0.6) is 0 Å². The lowest BCUT2D eigenvalue weighted by Gasteiger charge is -2.19. The molecule has 1 N–H and O–H groups in total. The van der Waals surface area contributed by atoms with Gasteiger partial charge in [-0.3, -0.25) is 4.79 Å². The number of hydrogen-bond acceptors (Lipinski definition) is 6. The van der Waals surface area contributed by atoms with E-state index >= 15 is 0 Å². The second kappa shape index (κ2) is 9.55. The zero-order valence-electron chi connectivity index (χ0n) is 18.2. The Balaban J connectivity index is 2.44. The van der Waals surface area contributed by atoms with Gasteiger partial charge in [0.25, 0.3) is 0 Å². The highest BCUT2D eigenvalue weighted by atomic mass is 32.1. The predicted molar refractivity (Wildman–Crippen MR) is 114 cm³/mol. The first-order valence-corrected chi connectivity index (χ1v) is 10.4. The van der Waals surface area contributed by atoms with Crippen molar-refractivity contribution >= 4 is 34.2 Å². The molecule has 0 fully saturated rings. The summed E-state index contributed by atoms with van der Waals surface area (Å²) in [4.78, 5) is 38.0. The Morgan fingerprint density at radius 3 is 2.16 bits per heavy atom. The van der Waals surface area contributed by atoms with Gasteiger partial charge in [-0.2, -0.15) is 0 Å². The molecule has 1 amide bonds. The summed E-state index contributed by atoms with van der Waals surface area (Å²) < 4.78 is 37.4. The first-order chi connectivity index (χ1) is 14.4. The Labute approximate surface area is 183 Å². The molecule has 0 aliphatic rings. The standard InChI is InChI=1S/C22H25F2NO5S/c1-7-15(12-8-13(23)10-14(24)9-12)18(26)25-19-16(20(27)29-6)11(2)17(31-19)21(28)30-22(3,4)5/h8-10,15H,7H2,1-6H3,(H,25,26). The maximum atomic E-state index is 13.6. The fraction of sp³-hybridized carbons (Fsp3) is 0.409. The Bertz CT molecular complexity index is 990. The normalized spacial score (nSPS) is 12.3. The lowest BCUT2D eigenvalue weighted by Crippen LogP contribution is -2.23.